The summed E-state index contributed by atoms with van der Waals surface area (Å²) in [4.78, 5) is 25.0. The number of carbonyl (C=O) groups is 1. The van der Waals surface area contributed by atoms with E-state index in [1.165, 1.54) is 0 Å². The van der Waals surface area contributed by atoms with Crippen molar-refractivity contribution in [2.45, 2.75) is 6.92 Å². The average molecular weight is 379 g/mol. The van der Waals surface area contributed by atoms with E-state index in [2.05, 4.69) is 25.1 Å². The molecule has 4 heterocycles. The number of nitrogens with zero attached hydrogens (tertiary/aromatic N) is 7. The molecule has 1 fully saturated rings. The van der Waals surface area contributed by atoms with Crippen LogP contribution in [0.2, 0.25) is 0 Å². The maximum atomic E-state index is 12.9. The first-order valence-electron chi connectivity index (χ1n) is 9.20. The van der Waals surface area contributed by atoms with E-state index in [0.29, 0.717) is 44.2 Å². The van der Waals surface area contributed by atoms with Crippen molar-refractivity contribution in [1.82, 2.24) is 29.6 Å². The molecule has 0 spiro atoms. The van der Waals surface area contributed by atoms with Crippen LogP contribution in [0, 0.1) is 0 Å². The van der Waals surface area contributed by atoms with Gasteiger partial charge in [-0.1, -0.05) is 0 Å². The second-order valence-corrected chi connectivity index (χ2v) is 6.29. The van der Waals surface area contributed by atoms with Crippen molar-refractivity contribution >= 4 is 11.7 Å². The Morgan fingerprint density at radius 2 is 1.86 bits per heavy atom. The number of hydrogen-bond donors (Lipinski definition) is 0. The fourth-order valence-corrected chi connectivity index (χ4v) is 3.13. The fourth-order valence-electron chi connectivity index (χ4n) is 3.13. The molecule has 0 radical (unpaired) electrons. The summed E-state index contributed by atoms with van der Waals surface area (Å²) < 4.78 is 7.29. The second-order valence-electron chi connectivity index (χ2n) is 6.29. The zero-order valence-corrected chi connectivity index (χ0v) is 15.6. The van der Waals surface area contributed by atoms with Crippen LogP contribution >= 0.6 is 0 Å². The lowest BCUT2D eigenvalue weighted by Crippen LogP contribution is -2.49. The van der Waals surface area contributed by atoms with Crippen LogP contribution in [-0.2, 0) is 0 Å². The summed E-state index contributed by atoms with van der Waals surface area (Å²) in [5.41, 5.74) is 0.502. The number of ether oxygens (including phenoxy) is 1. The minimum atomic E-state index is -0.0576. The standard InChI is InChI=1S/C19H21N7O2/c1-2-28-18-15(4-3-7-21-18)19(27)25-12-10-24(11-13-25)16-5-6-17(23-22-16)26-9-8-20-14-26/h3-9,14H,2,10-13H2,1H3. The SMILES string of the molecule is CCOc1ncccc1C(=O)N1CCN(c2ccc(-n3ccnc3)nn2)CC1. The van der Waals surface area contributed by atoms with Gasteiger partial charge in [-0.05, 0) is 31.2 Å². The van der Waals surface area contributed by atoms with Gasteiger partial charge in [0.2, 0.25) is 5.88 Å². The first-order chi connectivity index (χ1) is 13.8. The molecule has 0 bridgehead atoms. The average Bonchev–Trinajstić information content (AvgIpc) is 3.29. The topological polar surface area (TPSA) is 89.3 Å². The predicted molar refractivity (Wildman–Crippen MR) is 103 cm³/mol. The Balaban J connectivity index is 1.40. The van der Waals surface area contributed by atoms with Crippen molar-refractivity contribution in [2.75, 3.05) is 37.7 Å². The number of anilines is 1. The van der Waals surface area contributed by atoms with Gasteiger partial charge in [-0.2, -0.15) is 0 Å². The zero-order chi connectivity index (χ0) is 19.3. The van der Waals surface area contributed by atoms with Gasteiger partial charge in [0, 0.05) is 44.8 Å². The van der Waals surface area contributed by atoms with E-state index in [-0.39, 0.29) is 5.91 Å². The van der Waals surface area contributed by atoms with Gasteiger partial charge in [0.25, 0.3) is 5.91 Å². The van der Waals surface area contributed by atoms with E-state index in [1.54, 1.807) is 35.4 Å². The Morgan fingerprint density at radius 3 is 2.54 bits per heavy atom. The van der Waals surface area contributed by atoms with Crippen molar-refractivity contribution in [2.24, 2.45) is 0 Å². The maximum Gasteiger partial charge on any atom is 0.259 e. The van der Waals surface area contributed by atoms with Gasteiger partial charge in [0.05, 0.1) is 6.61 Å². The van der Waals surface area contributed by atoms with Gasteiger partial charge in [-0.15, -0.1) is 10.2 Å². The van der Waals surface area contributed by atoms with E-state index in [9.17, 15) is 4.79 Å². The van der Waals surface area contributed by atoms with Gasteiger partial charge in [-0.3, -0.25) is 9.36 Å². The van der Waals surface area contributed by atoms with E-state index in [4.69, 9.17) is 4.74 Å². The number of aromatic nitrogens is 5. The zero-order valence-electron chi connectivity index (χ0n) is 15.6. The molecule has 9 heteroatoms. The summed E-state index contributed by atoms with van der Waals surface area (Å²) >= 11 is 0. The van der Waals surface area contributed by atoms with Gasteiger partial charge in [0.1, 0.15) is 11.9 Å². The Morgan fingerprint density at radius 1 is 1.07 bits per heavy atom. The van der Waals surface area contributed by atoms with Crippen molar-refractivity contribution in [3.63, 3.8) is 0 Å². The van der Waals surface area contributed by atoms with E-state index >= 15 is 0 Å². The number of amides is 1. The Labute approximate surface area is 162 Å². The predicted octanol–water partition coefficient (Wildman–Crippen LogP) is 1.42. The normalized spacial score (nSPS) is 14.2. The molecular formula is C19H21N7O2. The van der Waals surface area contributed by atoms with Crippen molar-refractivity contribution in [1.29, 1.82) is 0 Å². The lowest BCUT2D eigenvalue weighted by molar-refractivity contribution is 0.0741. The second kappa shape index (κ2) is 8.03. The van der Waals surface area contributed by atoms with Gasteiger partial charge in [0.15, 0.2) is 11.6 Å². The van der Waals surface area contributed by atoms with Crippen molar-refractivity contribution < 1.29 is 9.53 Å². The molecule has 3 aromatic rings. The third-order valence-corrected chi connectivity index (χ3v) is 4.58. The molecule has 3 aromatic heterocycles. The van der Waals surface area contributed by atoms with Crippen LogP contribution in [-0.4, -0.2) is 68.3 Å². The van der Waals surface area contributed by atoms with Crippen molar-refractivity contribution in [3.8, 4) is 11.7 Å². The van der Waals surface area contributed by atoms with Crippen molar-refractivity contribution in [3.05, 3.63) is 54.7 Å². The molecule has 0 N–H and O–H groups in total. The minimum Gasteiger partial charge on any atom is -0.477 e. The summed E-state index contributed by atoms with van der Waals surface area (Å²) in [6.07, 6.45) is 6.84. The number of imidazole rings is 1. The monoisotopic (exact) mass is 379 g/mol. The van der Waals surface area contributed by atoms with Crippen LogP contribution in [0.3, 0.4) is 0 Å². The molecule has 0 aromatic carbocycles. The summed E-state index contributed by atoms with van der Waals surface area (Å²) in [7, 11) is 0. The molecular weight excluding hydrogens is 358 g/mol. The van der Waals surface area contributed by atoms with E-state index in [1.807, 2.05) is 30.2 Å². The fraction of sp³-hybridized carbons (Fsp3) is 0.316. The molecule has 9 nitrogen and oxygen atoms in total. The molecule has 4 rings (SSSR count). The van der Waals surface area contributed by atoms with Crippen LogP contribution < -0.4 is 9.64 Å². The highest BCUT2D eigenvalue weighted by atomic mass is 16.5. The first-order valence-corrected chi connectivity index (χ1v) is 9.20. The van der Waals surface area contributed by atoms with Crippen LogP contribution in [0.25, 0.3) is 5.82 Å². The maximum absolute atomic E-state index is 12.9. The number of pyridine rings is 1. The van der Waals surface area contributed by atoms with Crippen LogP contribution in [0.1, 0.15) is 17.3 Å². The Bertz CT molecular complexity index is 920. The number of carbonyl (C=O) groups excluding carboxylic acids is 1. The molecule has 28 heavy (non-hydrogen) atoms. The van der Waals surface area contributed by atoms with Crippen LogP contribution in [0.15, 0.2) is 49.2 Å². The summed E-state index contributed by atoms with van der Waals surface area (Å²) in [6, 6.07) is 7.36. The molecule has 0 saturated carbocycles. The quantitative estimate of drug-likeness (QED) is 0.662. The first kappa shape index (κ1) is 17.9. The largest absolute Gasteiger partial charge is 0.477 e. The van der Waals surface area contributed by atoms with Gasteiger partial charge < -0.3 is 14.5 Å². The Kier molecular flexibility index (Phi) is 5.14. The highest BCUT2D eigenvalue weighted by molar-refractivity contribution is 5.96. The van der Waals surface area contributed by atoms with E-state index in [0.717, 1.165) is 11.6 Å². The summed E-state index contributed by atoms with van der Waals surface area (Å²) in [6.45, 7) is 4.93. The molecule has 1 amide bonds. The molecule has 1 saturated heterocycles. The highest BCUT2D eigenvalue weighted by Gasteiger charge is 2.25. The van der Waals surface area contributed by atoms with Gasteiger partial charge in [-0.25, -0.2) is 9.97 Å². The third kappa shape index (κ3) is 3.64. The lowest BCUT2D eigenvalue weighted by Gasteiger charge is -2.35. The number of hydrogen-bond acceptors (Lipinski definition) is 7. The molecule has 0 aliphatic carbocycles. The smallest absolute Gasteiger partial charge is 0.259 e. The minimum absolute atomic E-state index is 0.0576. The Hall–Kier alpha value is -3.49. The van der Waals surface area contributed by atoms with Crippen LogP contribution in [0.4, 0.5) is 5.82 Å². The summed E-state index contributed by atoms with van der Waals surface area (Å²) in [5, 5.41) is 8.57. The number of rotatable bonds is 5. The van der Waals surface area contributed by atoms with Crippen LogP contribution in [0.5, 0.6) is 5.88 Å². The summed E-state index contributed by atoms with van der Waals surface area (Å²) in [5.74, 6) is 1.85. The molecule has 144 valence electrons. The molecule has 1 aliphatic heterocycles. The number of piperazine rings is 1. The van der Waals surface area contributed by atoms with Gasteiger partial charge >= 0.3 is 0 Å². The molecule has 0 atom stereocenters. The highest BCUT2D eigenvalue weighted by Crippen LogP contribution is 2.19. The third-order valence-electron chi connectivity index (χ3n) is 4.58. The lowest BCUT2D eigenvalue weighted by atomic mass is 10.2. The molecule has 0 unspecified atom stereocenters. The van der Waals surface area contributed by atoms with E-state index < -0.39 is 0 Å². The molecule has 1 aliphatic rings.